The molecule has 0 aliphatic rings. The number of hydrogen-bond acceptors (Lipinski definition) is 2. The summed E-state index contributed by atoms with van der Waals surface area (Å²) in [5, 5.41) is 2.57. The molecule has 100 valence electrons. The molecule has 0 bridgehead atoms. The Morgan fingerprint density at radius 2 is 1.95 bits per heavy atom. The molecule has 0 saturated carbocycles. The maximum absolute atomic E-state index is 12.7. The average molecular weight is 287 g/mol. The predicted molar refractivity (Wildman–Crippen MR) is 68.0 cm³/mol. The number of nitrogens with zero attached hydrogens (tertiary/aromatic N) is 1. The van der Waals surface area contributed by atoms with Gasteiger partial charge in [-0.1, -0.05) is 17.7 Å². The molecule has 1 heterocycles. The van der Waals surface area contributed by atoms with E-state index in [9.17, 15) is 13.2 Å². The highest BCUT2D eigenvalue weighted by Crippen LogP contribution is 2.36. The zero-order valence-electron chi connectivity index (χ0n) is 9.71. The minimum Gasteiger partial charge on any atom is -0.379 e. The minimum absolute atomic E-state index is 0.309. The van der Waals surface area contributed by atoms with Crippen molar-refractivity contribution in [3.63, 3.8) is 0 Å². The first kappa shape index (κ1) is 13.7. The third-order valence-electron chi connectivity index (χ3n) is 2.47. The molecule has 19 heavy (non-hydrogen) atoms. The quantitative estimate of drug-likeness (QED) is 0.906. The summed E-state index contributed by atoms with van der Waals surface area (Å²) in [6.07, 6.45) is -2.83. The Hall–Kier alpha value is -1.75. The van der Waals surface area contributed by atoms with E-state index in [1.54, 1.807) is 18.3 Å². The van der Waals surface area contributed by atoms with Crippen LogP contribution in [0.1, 0.15) is 11.3 Å². The number of benzene rings is 1. The molecule has 0 saturated heterocycles. The van der Waals surface area contributed by atoms with Crippen molar-refractivity contribution >= 4 is 17.3 Å². The van der Waals surface area contributed by atoms with Gasteiger partial charge in [-0.3, -0.25) is 4.98 Å². The molecular weight excluding hydrogens is 277 g/mol. The van der Waals surface area contributed by atoms with Crippen LogP contribution in [-0.2, 0) is 12.7 Å². The smallest absolute Gasteiger partial charge is 0.379 e. The zero-order valence-corrected chi connectivity index (χ0v) is 10.5. The largest absolute Gasteiger partial charge is 0.417 e. The van der Waals surface area contributed by atoms with E-state index in [2.05, 4.69) is 10.3 Å². The molecule has 2 rings (SSSR count). The molecule has 0 aliphatic heterocycles. The maximum Gasteiger partial charge on any atom is 0.417 e. The third-order valence-corrected chi connectivity index (χ3v) is 2.80. The van der Waals surface area contributed by atoms with E-state index in [1.807, 2.05) is 6.07 Å². The number of hydrogen-bond donors (Lipinski definition) is 1. The Morgan fingerprint density at radius 3 is 2.58 bits per heavy atom. The van der Waals surface area contributed by atoms with E-state index in [0.29, 0.717) is 12.2 Å². The third kappa shape index (κ3) is 3.61. The van der Waals surface area contributed by atoms with Crippen molar-refractivity contribution in [2.75, 3.05) is 5.32 Å². The van der Waals surface area contributed by atoms with Gasteiger partial charge in [-0.2, -0.15) is 13.2 Å². The van der Waals surface area contributed by atoms with Crippen molar-refractivity contribution in [1.82, 2.24) is 4.98 Å². The first-order valence-corrected chi connectivity index (χ1v) is 5.85. The Balaban J connectivity index is 2.14. The van der Waals surface area contributed by atoms with Gasteiger partial charge >= 0.3 is 6.18 Å². The number of rotatable bonds is 3. The lowest BCUT2D eigenvalue weighted by Gasteiger charge is -2.12. The number of aromatic nitrogens is 1. The number of pyridine rings is 1. The van der Waals surface area contributed by atoms with E-state index in [-0.39, 0.29) is 5.02 Å². The first-order chi connectivity index (χ1) is 8.97. The summed E-state index contributed by atoms with van der Waals surface area (Å²) < 4.78 is 38.0. The Bertz CT molecular complexity index is 556. The number of nitrogens with one attached hydrogen (secondary N) is 1. The Kier molecular flexibility index (Phi) is 3.95. The molecule has 0 atom stereocenters. The maximum atomic E-state index is 12.7. The monoisotopic (exact) mass is 286 g/mol. The Morgan fingerprint density at radius 1 is 1.16 bits per heavy atom. The summed E-state index contributed by atoms with van der Waals surface area (Å²) in [6.45, 7) is 0.347. The molecule has 6 heteroatoms. The predicted octanol–water partition coefficient (Wildman–Crippen LogP) is 4.37. The molecule has 2 aromatic rings. The number of halogens is 4. The van der Waals surface area contributed by atoms with Crippen LogP contribution >= 0.6 is 11.6 Å². The topological polar surface area (TPSA) is 24.9 Å². The lowest BCUT2D eigenvalue weighted by atomic mass is 10.2. The summed E-state index contributed by atoms with van der Waals surface area (Å²) in [4.78, 5) is 4.07. The van der Waals surface area contributed by atoms with Crippen LogP contribution in [0.2, 0.25) is 5.02 Å². The molecule has 0 spiro atoms. The fourth-order valence-corrected chi connectivity index (χ4v) is 1.77. The van der Waals surface area contributed by atoms with Crippen LogP contribution < -0.4 is 5.32 Å². The van der Waals surface area contributed by atoms with Crippen molar-refractivity contribution in [1.29, 1.82) is 0 Å². The highest BCUT2D eigenvalue weighted by molar-refractivity contribution is 6.31. The van der Waals surface area contributed by atoms with Crippen LogP contribution in [0.15, 0.2) is 42.6 Å². The second-order valence-electron chi connectivity index (χ2n) is 3.87. The van der Waals surface area contributed by atoms with Crippen molar-refractivity contribution in [2.24, 2.45) is 0 Å². The molecular formula is C13H10ClF3N2. The normalized spacial score (nSPS) is 11.4. The summed E-state index contributed by atoms with van der Waals surface area (Å²) >= 11 is 5.54. The van der Waals surface area contributed by atoms with Gasteiger partial charge in [0.15, 0.2) is 0 Å². The Labute approximate surface area is 113 Å². The highest BCUT2D eigenvalue weighted by atomic mass is 35.5. The molecule has 1 N–H and O–H groups in total. The van der Waals surface area contributed by atoms with Gasteiger partial charge in [-0.05, 0) is 30.3 Å². The van der Waals surface area contributed by atoms with Crippen LogP contribution in [0, 0.1) is 0 Å². The van der Waals surface area contributed by atoms with E-state index in [0.717, 1.165) is 11.8 Å². The van der Waals surface area contributed by atoms with Crippen molar-refractivity contribution in [2.45, 2.75) is 12.7 Å². The van der Waals surface area contributed by atoms with Gasteiger partial charge in [0.05, 0.1) is 22.8 Å². The van der Waals surface area contributed by atoms with Crippen LogP contribution in [0.3, 0.4) is 0 Å². The fraction of sp³-hybridized carbons (Fsp3) is 0.154. The molecule has 0 radical (unpaired) electrons. The first-order valence-electron chi connectivity index (χ1n) is 5.47. The SMILES string of the molecule is FC(F)(F)c1cc(NCc2ccccn2)ccc1Cl. The van der Waals surface area contributed by atoms with Gasteiger partial charge in [-0.25, -0.2) is 0 Å². The highest BCUT2D eigenvalue weighted by Gasteiger charge is 2.33. The molecule has 0 aliphatic carbocycles. The van der Waals surface area contributed by atoms with Crippen LogP contribution in [-0.4, -0.2) is 4.98 Å². The van der Waals surface area contributed by atoms with Crippen LogP contribution in [0.5, 0.6) is 0 Å². The summed E-state index contributed by atoms with van der Waals surface area (Å²) in [7, 11) is 0. The second kappa shape index (κ2) is 5.48. The molecule has 0 unspecified atom stereocenters. The summed E-state index contributed by atoms with van der Waals surface area (Å²) in [5.74, 6) is 0. The van der Waals surface area contributed by atoms with Crippen molar-refractivity contribution in [3.8, 4) is 0 Å². The van der Waals surface area contributed by atoms with Crippen LogP contribution in [0.4, 0.5) is 18.9 Å². The minimum atomic E-state index is -4.46. The number of alkyl halides is 3. The molecule has 1 aromatic heterocycles. The van der Waals surface area contributed by atoms with Gasteiger partial charge in [0, 0.05) is 11.9 Å². The van der Waals surface area contributed by atoms with Crippen molar-refractivity contribution < 1.29 is 13.2 Å². The summed E-state index contributed by atoms with van der Waals surface area (Å²) in [5.41, 5.74) is 0.244. The molecule has 0 amide bonds. The van der Waals surface area contributed by atoms with Gasteiger partial charge in [0.25, 0.3) is 0 Å². The van der Waals surface area contributed by atoms with Gasteiger partial charge in [-0.15, -0.1) is 0 Å². The average Bonchev–Trinajstić information content (AvgIpc) is 2.37. The zero-order chi connectivity index (χ0) is 13.9. The lowest BCUT2D eigenvalue weighted by molar-refractivity contribution is -0.137. The van der Waals surface area contributed by atoms with E-state index in [1.165, 1.54) is 12.1 Å². The van der Waals surface area contributed by atoms with E-state index >= 15 is 0 Å². The second-order valence-corrected chi connectivity index (χ2v) is 4.27. The van der Waals surface area contributed by atoms with Crippen molar-refractivity contribution in [3.05, 3.63) is 58.9 Å². The molecule has 0 fully saturated rings. The molecule has 2 nitrogen and oxygen atoms in total. The fourth-order valence-electron chi connectivity index (χ4n) is 1.55. The van der Waals surface area contributed by atoms with Gasteiger partial charge in [0.1, 0.15) is 0 Å². The van der Waals surface area contributed by atoms with Gasteiger partial charge in [0.2, 0.25) is 0 Å². The van der Waals surface area contributed by atoms with E-state index < -0.39 is 11.7 Å². The van der Waals surface area contributed by atoms with Crippen LogP contribution in [0.25, 0.3) is 0 Å². The standard InChI is InChI=1S/C13H10ClF3N2/c14-12-5-4-9(7-11(12)13(15,16)17)19-8-10-3-1-2-6-18-10/h1-7,19H,8H2. The van der Waals surface area contributed by atoms with E-state index in [4.69, 9.17) is 11.6 Å². The molecule has 1 aromatic carbocycles. The summed E-state index contributed by atoms with van der Waals surface area (Å²) in [6, 6.07) is 9.09. The number of anilines is 1. The van der Waals surface area contributed by atoms with Gasteiger partial charge < -0.3 is 5.32 Å². The lowest BCUT2D eigenvalue weighted by Crippen LogP contribution is -2.08.